The average Bonchev–Trinajstić information content (AvgIpc) is 3.15. The topological polar surface area (TPSA) is 76.7 Å². The van der Waals surface area contributed by atoms with Gasteiger partial charge in [-0.05, 0) is 30.2 Å². The second-order valence-electron chi connectivity index (χ2n) is 6.23. The van der Waals surface area contributed by atoms with Gasteiger partial charge in [0.05, 0.1) is 0 Å². The molecule has 0 fully saturated rings. The van der Waals surface area contributed by atoms with Crippen LogP contribution in [0.1, 0.15) is 24.1 Å². The highest BCUT2D eigenvalue weighted by atomic mass is 16.7. The number of rotatable bonds is 6. The van der Waals surface area contributed by atoms with Crippen molar-refractivity contribution in [3.63, 3.8) is 0 Å². The normalized spacial score (nSPS) is 13.6. The molecule has 4 rings (SSSR count). The van der Waals surface area contributed by atoms with Gasteiger partial charge >= 0.3 is 0 Å². The Kier molecular flexibility index (Phi) is 4.08. The fourth-order valence-electron chi connectivity index (χ4n) is 2.98. The molecule has 0 aliphatic carbocycles. The zero-order chi connectivity index (χ0) is 18.1. The van der Waals surface area contributed by atoms with Crippen molar-refractivity contribution in [2.45, 2.75) is 19.5 Å². The zero-order valence-corrected chi connectivity index (χ0v) is 14.2. The Balaban J connectivity index is 1.47. The zero-order valence-electron chi connectivity index (χ0n) is 14.2. The van der Waals surface area contributed by atoms with Crippen LogP contribution in [0.5, 0.6) is 11.5 Å². The van der Waals surface area contributed by atoms with E-state index in [0.29, 0.717) is 29.4 Å². The molecule has 0 radical (unpaired) electrons. The predicted molar refractivity (Wildman–Crippen MR) is 99.7 cm³/mol. The molecule has 6 heteroatoms. The molecule has 0 bridgehead atoms. The van der Waals surface area contributed by atoms with Crippen molar-refractivity contribution in [2.75, 3.05) is 17.4 Å². The van der Waals surface area contributed by atoms with Crippen molar-refractivity contribution in [1.82, 2.24) is 0 Å². The van der Waals surface area contributed by atoms with Gasteiger partial charge in [0.1, 0.15) is 11.4 Å². The summed E-state index contributed by atoms with van der Waals surface area (Å²) in [6.45, 7) is 2.58. The van der Waals surface area contributed by atoms with Crippen LogP contribution in [0.25, 0.3) is 0 Å². The monoisotopic (exact) mass is 350 g/mol. The molecule has 6 nitrogen and oxygen atoms in total. The maximum absolute atomic E-state index is 12.0. The smallest absolute Gasteiger partial charge is 0.253 e. The van der Waals surface area contributed by atoms with Gasteiger partial charge in [-0.1, -0.05) is 36.4 Å². The summed E-state index contributed by atoms with van der Waals surface area (Å²) in [7, 11) is 0. The van der Waals surface area contributed by atoms with E-state index in [2.05, 4.69) is 10.6 Å². The largest absolute Gasteiger partial charge is 0.454 e. The van der Waals surface area contributed by atoms with Crippen molar-refractivity contribution in [2.24, 2.45) is 0 Å². The minimum absolute atomic E-state index is 0.0782. The fourth-order valence-corrected chi connectivity index (χ4v) is 2.98. The molecule has 3 aromatic carbocycles. The van der Waals surface area contributed by atoms with E-state index in [-0.39, 0.29) is 12.8 Å². The number of hydrogen-bond acceptors (Lipinski definition) is 6. The molecule has 0 spiro atoms. The summed E-state index contributed by atoms with van der Waals surface area (Å²) < 4.78 is 10.6. The number of fused-ring (bicyclic) bond motifs is 1. The van der Waals surface area contributed by atoms with Gasteiger partial charge in [0, 0.05) is 12.6 Å². The van der Waals surface area contributed by atoms with E-state index in [1.807, 2.05) is 55.5 Å². The Morgan fingerprint density at radius 2 is 1.69 bits per heavy atom. The van der Waals surface area contributed by atoms with E-state index < -0.39 is 10.9 Å². The lowest BCUT2D eigenvalue weighted by molar-refractivity contribution is 0.174. The summed E-state index contributed by atoms with van der Waals surface area (Å²) in [6, 6.07) is 15.3. The lowest BCUT2D eigenvalue weighted by atomic mass is 10.1. The first-order valence-corrected chi connectivity index (χ1v) is 8.40. The molecule has 132 valence electrons. The molecular weight excluding hydrogens is 332 g/mol. The van der Waals surface area contributed by atoms with Gasteiger partial charge < -0.3 is 20.1 Å². The van der Waals surface area contributed by atoms with E-state index in [0.717, 1.165) is 11.1 Å². The Morgan fingerprint density at radius 3 is 2.50 bits per heavy atom. The fraction of sp³-hybridized carbons (Fsp3) is 0.200. The summed E-state index contributed by atoms with van der Waals surface area (Å²) in [5, 5.41) is 6.21. The van der Waals surface area contributed by atoms with Crippen LogP contribution < -0.4 is 31.0 Å². The van der Waals surface area contributed by atoms with E-state index in [1.54, 1.807) is 0 Å². The molecular formula is C20H18N2O4. The summed E-state index contributed by atoms with van der Waals surface area (Å²) >= 11 is 0. The number of nitrogens with one attached hydrogen (secondary N) is 2. The van der Waals surface area contributed by atoms with Crippen molar-refractivity contribution < 1.29 is 9.47 Å². The highest BCUT2D eigenvalue weighted by molar-refractivity contribution is 5.74. The molecule has 1 atom stereocenters. The molecule has 0 aromatic heterocycles. The number of ether oxygens (including phenoxy) is 2. The lowest BCUT2D eigenvalue weighted by Gasteiger charge is -2.20. The standard InChI is InChI=1S/C20H18N2O4/c1-12(14-5-3-2-4-6-14)22-18-17(19(23)20(18)24)21-10-13-7-8-15-16(9-13)26-11-25-15/h2-9,12,21-22H,10-11H2,1H3. The summed E-state index contributed by atoms with van der Waals surface area (Å²) in [6.07, 6.45) is 0. The Labute approximate surface area is 150 Å². The Bertz CT molecular complexity index is 1010. The molecule has 1 unspecified atom stereocenters. The van der Waals surface area contributed by atoms with Gasteiger partial charge in [-0.3, -0.25) is 9.59 Å². The average molecular weight is 350 g/mol. The lowest BCUT2D eigenvalue weighted by Crippen LogP contribution is -2.37. The summed E-state index contributed by atoms with van der Waals surface area (Å²) in [5.74, 6) is 1.40. The highest BCUT2D eigenvalue weighted by Gasteiger charge is 2.22. The van der Waals surface area contributed by atoms with Crippen LogP contribution >= 0.6 is 0 Å². The summed E-state index contributed by atoms with van der Waals surface area (Å²) in [4.78, 5) is 23.9. The molecule has 0 amide bonds. The molecule has 1 aliphatic rings. The van der Waals surface area contributed by atoms with E-state index >= 15 is 0 Å². The molecule has 26 heavy (non-hydrogen) atoms. The van der Waals surface area contributed by atoms with Crippen LogP contribution in [-0.4, -0.2) is 6.79 Å². The third-order valence-electron chi connectivity index (χ3n) is 4.48. The second kappa shape index (κ2) is 6.55. The van der Waals surface area contributed by atoms with Gasteiger partial charge in [-0.15, -0.1) is 0 Å². The van der Waals surface area contributed by atoms with Crippen LogP contribution in [0.2, 0.25) is 0 Å². The SMILES string of the molecule is CC(Nc1c(NCc2ccc3c(c2)OCO3)c(=O)c1=O)c1ccccc1. The van der Waals surface area contributed by atoms with Crippen molar-refractivity contribution in [3.8, 4) is 11.5 Å². The van der Waals surface area contributed by atoms with Gasteiger partial charge in [0.15, 0.2) is 11.5 Å². The van der Waals surface area contributed by atoms with Gasteiger partial charge in [-0.2, -0.15) is 0 Å². The molecule has 3 aromatic rings. The first kappa shape index (κ1) is 16.2. The van der Waals surface area contributed by atoms with Crippen LogP contribution in [0.15, 0.2) is 58.1 Å². The van der Waals surface area contributed by atoms with Crippen LogP contribution in [0.3, 0.4) is 0 Å². The van der Waals surface area contributed by atoms with Crippen molar-refractivity contribution in [3.05, 3.63) is 80.1 Å². The van der Waals surface area contributed by atoms with Crippen molar-refractivity contribution in [1.29, 1.82) is 0 Å². The second-order valence-corrected chi connectivity index (χ2v) is 6.23. The third-order valence-corrected chi connectivity index (χ3v) is 4.48. The minimum Gasteiger partial charge on any atom is -0.454 e. The third kappa shape index (κ3) is 2.90. The molecule has 1 aliphatic heterocycles. The molecule has 1 heterocycles. The first-order chi connectivity index (χ1) is 12.6. The van der Waals surface area contributed by atoms with Crippen LogP contribution in [0, 0.1) is 0 Å². The van der Waals surface area contributed by atoms with E-state index in [4.69, 9.17) is 9.47 Å². The minimum atomic E-state index is -0.492. The van der Waals surface area contributed by atoms with Crippen LogP contribution in [0.4, 0.5) is 11.4 Å². The van der Waals surface area contributed by atoms with Gasteiger partial charge in [0.2, 0.25) is 6.79 Å². The van der Waals surface area contributed by atoms with E-state index in [9.17, 15) is 9.59 Å². The number of anilines is 2. The summed E-state index contributed by atoms with van der Waals surface area (Å²) in [5.41, 5.74) is 1.67. The number of hydrogen-bond donors (Lipinski definition) is 2. The van der Waals surface area contributed by atoms with Gasteiger partial charge in [-0.25, -0.2) is 0 Å². The maximum atomic E-state index is 12.0. The predicted octanol–water partition coefficient (Wildman–Crippen LogP) is 2.80. The maximum Gasteiger partial charge on any atom is 0.253 e. The Hall–Kier alpha value is -3.28. The first-order valence-electron chi connectivity index (χ1n) is 8.40. The van der Waals surface area contributed by atoms with Gasteiger partial charge in [0.25, 0.3) is 10.9 Å². The molecule has 0 saturated carbocycles. The Morgan fingerprint density at radius 1 is 0.962 bits per heavy atom. The van der Waals surface area contributed by atoms with Crippen LogP contribution in [-0.2, 0) is 6.54 Å². The number of benzene rings is 2. The van der Waals surface area contributed by atoms with E-state index in [1.165, 1.54) is 0 Å². The molecule has 2 N–H and O–H groups in total. The highest BCUT2D eigenvalue weighted by Crippen LogP contribution is 2.32. The van der Waals surface area contributed by atoms with Crippen molar-refractivity contribution >= 4 is 11.4 Å². The molecule has 0 saturated heterocycles. The quantitative estimate of drug-likeness (QED) is 0.666.